The van der Waals surface area contributed by atoms with Crippen LogP contribution >= 0.6 is 11.3 Å². The lowest BCUT2D eigenvalue weighted by molar-refractivity contribution is 0.0744. The largest absolute Gasteiger partial charge is 0.334 e. The average Bonchev–Trinajstić information content (AvgIpc) is 3.13. The molecule has 0 aliphatic carbocycles. The Balaban J connectivity index is 1.47. The molecule has 1 aliphatic rings. The maximum atomic E-state index is 14.7. The fourth-order valence-electron chi connectivity index (χ4n) is 4.57. The number of hydrogen-bond donors (Lipinski definition) is 0. The van der Waals surface area contributed by atoms with E-state index in [9.17, 15) is 14.0 Å². The van der Waals surface area contributed by atoms with Crippen LogP contribution in [-0.2, 0) is 13.0 Å². The minimum absolute atomic E-state index is 0.0261. The van der Waals surface area contributed by atoms with Crippen molar-refractivity contribution in [1.29, 1.82) is 0 Å². The van der Waals surface area contributed by atoms with Crippen molar-refractivity contribution in [2.24, 2.45) is 0 Å². The summed E-state index contributed by atoms with van der Waals surface area (Å²) < 4.78 is 16.0. The van der Waals surface area contributed by atoms with E-state index in [1.165, 1.54) is 33.5 Å². The van der Waals surface area contributed by atoms with Gasteiger partial charge in [0.05, 0.1) is 5.56 Å². The van der Waals surface area contributed by atoms with Crippen molar-refractivity contribution in [3.8, 4) is 10.4 Å². The third kappa shape index (κ3) is 3.98. The lowest BCUT2D eigenvalue weighted by atomic mass is 9.99. The number of amides is 1. The Labute approximate surface area is 196 Å². The van der Waals surface area contributed by atoms with E-state index in [-0.39, 0.29) is 22.8 Å². The molecule has 0 N–H and O–H groups in total. The Kier molecular flexibility index (Phi) is 5.59. The van der Waals surface area contributed by atoms with E-state index < -0.39 is 5.82 Å². The molecule has 0 radical (unpaired) electrons. The Morgan fingerprint density at radius 1 is 0.970 bits per heavy atom. The molecule has 1 aliphatic heterocycles. The third-order valence-electron chi connectivity index (χ3n) is 6.43. The lowest BCUT2D eigenvalue weighted by Gasteiger charge is -2.22. The molecule has 0 spiro atoms. The average molecular weight is 458 g/mol. The van der Waals surface area contributed by atoms with Crippen molar-refractivity contribution >= 4 is 33.1 Å². The summed E-state index contributed by atoms with van der Waals surface area (Å²) in [5.41, 5.74) is 4.12. The van der Waals surface area contributed by atoms with Gasteiger partial charge in [0.25, 0.3) is 5.91 Å². The molecular weight excluding hydrogens is 433 g/mol. The minimum Gasteiger partial charge on any atom is -0.334 e. The quantitative estimate of drug-likeness (QED) is 0.317. The first-order valence-corrected chi connectivity index (χ1v) is 11.9. The summed E-state index contributed by atoms with van der Waals surface area (Å²) in [6, 6.07) is 20.1. The van der Waals surface area contributed by atoms with Crippen molar-refractivity contribution < 1.29 is 14.0 Å². The van der Waals surface area contributed by atoms with Gasteiger partial charge in [-0.1, -0.05) is 30.3 Å². The van der Waals surface area contributed by atoms with Crippen LogP contribution in [0.3, 0.4) is 0 Å². The van der Waals surface area contributed by atoms with E-state index in [1.54, 1.807) is 29.2 Å². The molecule has 5 rings (SSSR count). The molecule has 2 heterocycles. The van der Waals surface area contributed by atoms with Crippen LogP contribution in [0, 0.1) is 12.7 Å². The molecule has 0 fully saturated rings. The predicted molar refractivity (Wildman–Crippen MR) is 131 cm³/mol. The zero-order valence-electron chi connectivity index (χ0n) is 18.7. The molecule has 0 saturated carbocycles. The third-order valence-corrected chi connectivity index (χ3v) is 7.60. The van der Waals surface area contributed by atoms with Crippen LogP contribution < -0.4 is 0 Å². The van der Waals surface area contributed by atoms with Crippen LogP contribution in [-0.4, -0.2) is 23.1 Å². The van der Waals surface area contributed by atoms with Gasteiger partial charge in [0.15, 0.2) is 5.78 Å². The van der Waals surface area contributed by atoms with Crippen molar-refractivity contribution in [3.05, 3.63) is 94.3 Å². The number of nitrogens with zero attached hydrogens (tertiary/aromatic N) is 1. The number of aryl methyl sites for hydroxylation is 1. The number of rotatable bonds is 3. The van der Waals surface area contributed by atoms with Crippen LogP contribution in [0.4, 0.5) is 4.39 Å². The molecule has 0 atom stereocenters. The highest BCUT2D eigenvalue weighted by Gasteiger charge is 2.24. The second kappa shape index (κ2) is 8.56. The number of carbonyl (C=O) groups excluding carboxylic acids is 2. The summed E-state index contributed by atoms with van der Waals surface area (Å²) in [5.74, 6) is -1.13. The molecule has 166 valence electrons. The highest BCUT2D eigenvalue weighted by Crippen LogP contribution is 2.35. The van der Waals surface area contributed by atoms with E-state index >= 15 is 0 Å². The number of ketones is 1. The topological polar surface area (TPSA) is 37.4 Å². The predicted octanol–water partition coefficient (Wildman–Crippen LogP) is 6.81. The van der Waals surface area contributed by atoms with Gasteiger partial charge in [-0.25, -0.2) is 4.39 Å². The molecule has 0 saturated heterocycles. The van der Waals surface area contributed by atoms with Gasteiger partial charge in [-0.2, -0.15) is 0 Å². The molecule has 3 nitrogen and oxygen atoms in total. The SMILES string of the molecule is CC(=O)c1ccc(C(=O)N2CCCc3ccc(-c4cc5ccccc5s4)cc3C2)c(C)c1F. The van der Waals surface area contributed by atoms with E-state index in [4.69, 9.17) is 0 Å². The van der Waals surface area contributed by atoms with Gasteiger partial charge >= 0.3 is 0 Å². The number of benzene rings is 3. The monoisotopic (exact) mass is 457 g/mol. The summed E-state index contributed by atoms with van der Waals surface area (Å²) in [7, 11) is 0. The molecule has 5 heteroatoms. The van der Waals surface area contributed by atoms with Gasteiger partial charge in [0.1, 0.15) is 5.82 Å². The fraction of sp³-hybridized carbons (Fsp3) is 0.214. The van der Waals surface area contributed by atoms with Crippen molar-refractivity contribution in [3.63, 3.8) is 0 Å². The normalized spacial score (nSPS) is 13.6. The van der Waals surface area contributed by atoms with Gasteiger partial charge < -0.3 is 4.90 Å². The number of halogens is 1. The summed E-state index contributed by atoms with van der Waals surface area (Å²) in [6.45, 7) is 4.00. The molecule has 33 heavy (non-hydrogen) atoms. The lowest BCUT2D eigenvalue weighted by Crippen LogP contribution is -2.31. The number of hydrogen-bond acceptors (Lipinski definition) is 3. The standard InChI is InChI=1S/C28H24FNO2S/c1-17-23(11-12-24(18(2)31)27(17)29)28(32)30-13-5-7-19-9-10-21(14-22(19)16-30)26-15-20-6-3-4-8-25(20)33-26/h3-4,6,8-12,14-15H,5,7,13,16H2,1-2H3. The van der Waals surface area contributed by atoms with Gasteiger partial charge in [-0.05, 0) is 84.7 Å². The number of thiophene rings is 1. The highest BCUT2D eigenvalue weighted by molar-refractivity contribution is 7.22. The van der Waals surface area contributed by atoms with Crippen LogP contribution in [0.5, 0.6) is 0 Å². The van der Waals surface area contributed by atoms with Crippen LogP contribution in [0.1, 0.15) is 50.8 Å². The zero-order valence-corrected chi connectivity index (χ0v) is 19.5. The first kappa shape index (κ1) is 21.5. The first-order chi connectivity index (χ1) is 15.9. The van der Waals surface area contributed by atoms with E-state index in [2.05, 4.69) is 42.5 Å². The van der Waals surface area contributed by atoms with Gasteiger partial charge in [-0.15, -0.1) is 11.3 Å². The maximum Gasteiger partial charge on any atom is 0.254 e. The van der Waals surface area contributed by atoms with Crippen molar-refractivity contribution in [1.82, 2.24) is 4.90 Å². The second-order valence-electron chi connectivity index (χ2n) is 8.62. The molecule has 4 aromatic rings. The summed E-state index contributed by atoms with van der Waals surface area (Å²) in [6.07, 6.45) is 1.76. The molecule has 1 aromatic heterocycles. The second-order valence-corrected chi connectivity index (χ2v) is 9.70. The number of Topliss-reactive ketones (excluding diaryl/α,β-unsaturated/α-hetero) is 1. The van der Waals surface area contributed by atoms with Gasteiger partial charge in [0.2, 0.25) is 0 Å². The van der Waals surface area contributed by atoms with Crippen LogP contribution in [0.15, 0.2) is 60.7 Å². The van der Waals surface area contributed by atoms with E-state index in [1.807, 2.05) is 6.07 Å². The fourth-order valence-corrected chi connectivity index (χ4v) is 5.63. The Bertz CT molecular complexity index is 1370. The Hall–Kier alpha value is -3.31. The number of carbonyl (C=O) groups is 2. The van der Waals surface area contributed by atoms with Gasteiger partial charge in [0, 0.05) is 28.2 Å². The molecular formula is C28H24FNO2S. The Morgan fingerprint density at radius 2 is 1.76 bits per heavy atom. The van der Waals surface area contributed by atoms with Gasteiger partial charge in [-0.3, -0.25) is 9.59 Å². The summed E-state index contributed by atoms with van der Waals surface area (Å²) >= 11 is 1.77. The molecule has 0 bridgehead atoms. The summed E-state index contributed by atoms with van der Waals surface area (Å²) in [4.78, 5) is 28.0. The minimum atomic E-state index is -0.601. The summed E-state index contributed by atoms with van der Waals surface area (Å²) in [5, 5.41) is 1.23. The molecule has 1 amide bonds. The zero-order chi connectivity index (χ0) is 23.1. The first-order valence-electron chi connectivity index (χ1n) is 11.1. The Morgan fingerprint density at radius 3 is 2.55 bits per heavy atom. The smallest absolute Gasteiger partial charge is 0.254 e. The maximum absolute atomic E-state index is 14.7. The number of fused-ring (bicyclic) bond motifs is 2. The van der Waals surface area contributed by atoms with Crippen LogP contribution in [0.2, 0.25) is 0 Å². The van der Waals surface area contributed by atoms with Crippen LogP contribution in [0.25, 0.3) is 20.5 Å². The molecule has 0 unspecified atom stereocenters. The molecule has 3 aromatic carbocycles. The van der Waals surface area contributed by atoms with Crippen molar-refractivity contribution in [2.75, 3.05) is 6.54 Å². The van der Waals surface area contributed by atoms with Crippen molar-refractivity contribution in [2.45, 2.75) is 33.2 Å². The highest BCUT2D eigenvalue weighted by atomic mass is 32.1. The van der Waals surface area contributed by atoms with E-state index in [0.29, 0.717) is 18.7 Å². The van der Waals surface area contributed by atoms with E-state index in [0.717, 1.165) is 24.0 Å².